The lowest BCUT2D eigenvalue weighted by molar-refractivity contribution is -0.121. The summed E-state index contributed by atoms with van der Waals surface area (Å²) in [5, 5.41) is 0. The van der Waals surface area contributed by atoms with Crippen molar-refractivity contribution >= 4 is 5.78 Å². The normalized spacial score (nSPS) is 12.9. The van der Waals surface area contributed by atoms with Gasteiger partial charge < -0.3 is 9.47 Å². The Kier molecular flexibility index (Phi) is 11.6. The highest BCUT2D eigenvalue weighted by atomic mass is 16.5. The third-order valence-corrected chi connectivity index (χ3v) is 10.3. The summed E-state index contributed by atoms with van der Waals surface area (Å²) in [6.07, 6.45) is 0. The number of Topliss-reactive ketones (excluding diaryl/α,β-unsaturated/α-hetero) is 1. The Hall–Kier alpha value is -5.41. The SMILES string of the molecule is CC(C(=O)C(C)c1cccc(-c2cccc(C(C)(C)C)c2OCc2ccccc2)c1)c1cccc(-c2cccc(C(C)(C)C)c2OCc2ccccc2)c1. The summed E-state index contributed by atoms with van der Waals surface area (Å²) in [6.45, 7) is 18.3. The fourth-order valence-corrected chi connectivity index (χ4v) is 7.13. The van der Waals surface area contributed by atoms with Gasteiger partial charge >= 0.3 is 0 Å². The van der Waals surface area contributed by atoms with Crippen LogP contribution < -0.4 is 9.47 Å². The predicted octanol–water partition coefficient (Wildman–Crippen LogP) is 13.2. The number of para-hydroxylation sites is 2. The summed E-state index contributed by atoms with van der Waals surface area (Å²) < 4.78 is 13.2. The second-order valence-corrected chi connectivity index (χ2v) is 16.5. The number of carbonyl (C=O) groups excluding carboxylic acids is 1. The Labute approximate surface area is 323 Å². The molecule has 0 aromatic heterocycles. The van der Waals surface area contributed by atoms with Crippen LogP contribution in [-0.4, -0.2) is 5.78 Å². The zero-order chi connectivity index (χ0) is 38.5. The van der Waals surface area contributed by atoms with Crippen LogP contribution in [0.5, 0.6) is 11.5 Å². The van der Waals surface area contributed by atoms with Gasteiger partial charge in [-0.1, -0.05) is 201 Å². The first-order valence-electron chi connectivity index (χ1n) is 19.2. The number of carbonyl (C=O) groups is 1. The Morgan fingerprint density at radius 1 is 0.481 bits per heavy atom. The molecule has 0 bridgehead atoms. The number of hydrogen-bond acceptors (Lipinski definition) is 3. The number of hydrogen-bond donors (Lipinski definition) is 0. The molecule has 2 unspecified atom stereocenters. The molecule has 276 valence electrons. The molecule has 0 aliphatic rings. The van der Waals surface area contributed by atoms with Gasteiger partial charge in [0.05, 0.1) is 0 Å². The predicted molar refractivity (Wildman–Crippen MR) is 225 cm³/mol. The van der Waals surface area contributed by atoms with E-state index in [4.69, 9.17) is 9.47 Å². The maximum Gasteiger partial charge on any atom is 0.147 e. The lowest BCUT2D eigenvalue weighted by Crippen LogP contribution is -2.17. The molecule has 0 aliphatic heterocycles. The van der Waals surface area contributed by atoms with Gasteiger partial charge in [-0.15, -0.1) is 0 Å². The Bertz CT molecular complexity index is 2030. The minimum atomic E-state index is -0.308. The van der Waals surface area contributed by atoms with E-state index in [1.165, 1.54) is 0 Å². The van der Waals surface area contributed by atoms with Crippen molar-refractivity contribution in [3.8, 4) is 33.8 Å². The van der Waals surface area contributed by atoms with Crippen LogP contribution in [0.1, 0.15) is 101 Å². The van der Waals surface area contributed by atoms with Crippen LogP contribution in [0.25, 0.3) is 22.3 Å². The number of ether oxygens (including phenoxy) is 2. The Morgan fingerprint density at radius 3 is 1.22 bits per heavy atom. The molecule has 54 heavy (non-hydrogen) atoms. The van der Waals surface area contributed by atoms with Gasteiger partial charge in [-0.2, -0.15) is 0 Å². The standard InChI is InChI=1S/C51H54O3/c1-35(39-23-15-25-41(31-39)43-27-17-29-45(50(3,4)5)48(43)53-33-37-19-11-9-12-20-37)47(52)36(2)40-24-16-26-42(32-40)44-28-18-30-46(51(6,7)8)49(44)54-34-38-21-13-10-14-22-38/h9-32,35-36H,33-34H2,1-8H3. The third-order valence-electron chi connectivity index (χ3n) is 10.3. The molecule has 0 amide bonds. The maximum atomic E-state index is 14.3. The van der Waals surface area contributed by atoms with Gasteiger partial charge in [-0.25, -0.2) is 0 Å². The van der Waals surface area contributed by atoms with Crippen molar-refractivity contribution in [3.63, 3.8) is 0 Å². The van der Waals surface area contributed by atoms with Gasteiger partial charge in [0.25, 0.3) is 0 Å². The first kappa shape index (κ1) is 38.3. The van der Waals surface area contributed by atoms with Crippen LogP contribution in [-0.2, 0) is 28.8 Å². The molecule has 0 aliphatic carbocycles. The average molecular weight is 715 g/mol. The minimum absolute atomic E-state index is 0.115. The molecule has 3 heteroatoms. The fourth-order valence-electron chi connectivity index (χ4n) is 7.13. The highest BCUT2D eigenvalue weighted by Gasteiger charge is 2.27. The number of rotatable bonds is 12. The van der Waals surface area contributed by atoms with Crippen molar-refractivity contribution in [2.45, 2.75) is 91.3 Å². The van der Waals surface area contributed by atoms with Crippen LogP contribution in [0.4, 0.5) is 0 Å². The smallest absolute Gasteiger partial charge is 0.147 e. The summed E-state index contributed by atoms with van der Waals surface area (Å²) in [7, 11) is 0. The lowest BCUT2D eigenvalue weighted by atomic mass is 9.82. The van der Waals surface area contributed by atoms with Crippen molar-refractivity contribution in [2.24, 2.45) is 0 Å². The van der Waals surface area contributed by atoms with Gasteiger partial charge in [-0.3, -0.25) is 4.79 Å². The van der Waals surface area contributed by atoms with E-state index in [1.807, 2.05) is 50.2 Å². The van der Waals surface area contributed by atoms with Crippen LogP contribution in [0.2, 0.25) is 0 Å². The fraction of sp³-hybridized carbons (Fsp3) is 0.275. The van der Waals surface area contributed by atoms with Crippen molar-refractivity contribution < 1.29 is 14.3 Å². The quantitative estimate of drug-likeness (QED) is 0.127. The summed E-state index contributed by atoms with van der Waals surface area (Å²) in [5.41, 5.74) is 10.4. The van der Waals surface area contributed by atoms with Gasteiger partial charge in [0.15, 0.2) is 0 Å². The molecule has 6 rings (SSSR count). The molecule has 0 fully saturated rings. The maximum absolute atomic E-state index is 14.3. The van der Waals surface area contributed by atoms with E-state index in [1.54, 1.807) is 0 Å². The van der Waals surface area contributed by atoms with E-state index in [9.17, 15) is 4.79 Å². The van der Waals surface area contributed by atoms with Crippen LogP contribution in [0.15, 0.2) is 146 Å². The zero-order valence-corrected chi connectivity index (χ0v) is 33.2. The molecule has 2 atom stereocenters. The Morgan fingerprint density at radius 2 is 0.852 bits per heavy atom. The van der Waals surface area contributed by atoms with Crippen molar-refractivity contribution in [3.05, 3.63) is 179 Å². The molecule has 0 radical (unpaired) electrons. The van der Waals surface area contributed by atoms with E-state index in [-0.39, 0.29) is 28.4 Å². The summed E-state index contributed by atoms with van der Waals surface area (Å²) in [5.74, 6) is 1.34. The van der Waals surface area contributed by atoms with Gasteiger partial charge in [-0.05, 0) is 44.2 Å². The average Bonchev–Trinajstić information content (AvgIpc) is 3.18. The zero-order valence-electron chi connectivity index (χ0n) is 33.2. The van der Waals surface area contributed by atoms with Crippen molar-refractivity contribution in [1.82, 2.24) is 0 Å². The minimum Gasteiger partial charge on any atom is -0.488 e. The second kappa shape index (κ2) is 16.3. The van der Waals surface area contributed by atoms with E-state index in [2.05, 4.69) is 151 Å². The topological polar surface area (TPSA) is 35.5 Å². The molecule has 0 N–H and O–H groups in total. The molecule has 6 aromatic rings. The molecular formula is C51H54O3. The molecular weight excluding hydrogens is 661 g/mol. The number of ketones is 1. The van der Waals surface area contributed by atoms with Gasteiger partial charge in [0.2, 0.25) is 0 Å². The summed E-state index contributed by atoms with van der Waals surface area (Å²) in [6, 6.07) is 50.2. The van der Waals surface area contributed by atoms with Crippen molar-refractivity contribution in [1.29, 1.82) is 0 Å². The van der Waals surface area contributed by atoms with Gasteiger partial charge in [0, 0.05) is 34.1 Å². The number of benzene rings is 6. The van der Waals surface area contributed by atoms with Crippen molar-refractivity contribution in [2.75, 3.05) is 0 Å². The Balaban J connectivity index is 1.28. The monoisotopic (exact) mass is 714 g/mol. The molecule has 6 aromatic carbocycles. The highest BCUT2D eigenvalue weighted by Crippen LogP contribution is 2.42. The second-order valence-electron chi connectivity index (χ2n) is 16.5. The third kappa shape index (κ3) is 8.85. The summed E-state index contributed by atoms with van der Waals surface area (Å²) >= 11 is 0. The summed E-state index contributed by atoms with van der Waals surface area (Å²) in [4.78, 5) is 14.3. The first-order chi connectivity index (χ1) is 25.8. The molecule has 0 saturated carbocycles. The van der Waals surface area contributed by atoms with Crippen LogP contribution in [0, 0.1) is 0 Å². The van der Waals surface area contributed by atoms with E-state index >= 15 is 0 Å². The molecule has 3 nitrogen and oxygen atoms in total. The molecule has 0 saturated heterocycles. The largest absolute Gasteiger partial charge is 0.488 e. The lowest BCUT2D eigenvalue weighted by Gasteiger charge is -2.26. The van der Waals surface area contributed by atoms with Crippen LogP contribution >= 0.6 is 0 Å². The van der Waals surface area contributed by atoms with E-state index in [0.717, 1.165) is 67.1 Å². The van der Waals surface area contributed by atoms with E-state index < -0.39 is 0 Å². The molecule has 0 heterocycles. The van der Waals surface area contributed by atoms with Gasteiger partial charge in [0.1, 0.15) is 30.5 Å². The highest BCUT2D eigenvalue weighted by molar-refractivity contribution is 5.92. The van der Waals surface area contributed by atoms with Crippen LogP contribution in [0.3, 0.4) is 0 Å². The van der Waals surface area contributed by atoms with E-state index in [0.29, 0.717) is 13.2 Å². The first-order valence-corrected chi connectivity index (χ1v) is 19.2. The molecule has 0 spiro atoms.